The Kier molecular flexibility index (Phi) is 14.3. The minimum Gasteiger partial charge on any atom is -0.0654 e. The van der Waals surface area contributed by atoms with Crippen LogP contribution in [-0.2, 0) is 12.8 Å². The first kappa shape index (κ1) is 34.5. The summed E-state index contributed by atoms with van der Waals surface area (Å²) < 4.78 is 0. The molecule has 246 valence electrons. The van der Waals surface area contributed by atoms with E-state index in [0.29, 0.717) is 0 Å². The third-order valence-corrected chi connectivity index (χ3v) is 10.6. The Balaban J connectivity index is 1.19. The monoisotopic (exact) mass is 614 g/mol. The average Bonchev–Trinajstić information content (AvgIpc) is 3.09. The zero-order valence-electron chi connectivity index (χ0n) is 29.5. The van der Waals surface area contributed by atoms with Crippen LogP contribution in [0.5, 0.6) is 0 Å². The second-order valence-corrected chi connectivity index (χ2v) is 14.4. The van der Waals surface area contributed by atoms with E-state index in [1.165, 1.54) is 195 Å². The SMILES string of the molecule is CCCCCCCCCCCCc1ccc2ccc3c(ccc4c5cc(CCCCCCCCCCCC)ccc5ccc43)c2c1. The molecule has 0 aliphatic rings. The van der Waals surface area contributed by atoms with Gasteiger partial charge in [-0.25, -0.2) is 0 Å². The molecular formula is C46H62. The standard InChI is InChI=1S/C46H62/c1-3-5-7-9-11-13-15-17-19-21-23-37-25-27-39-29-31-41-42-32-30-40-28-26-38(24-22-20-18-16-14-12-10-8-6-4-2)36-46(40)44(42)34-33-43(41)45(39)35-37/h25-36H,3-24H2,1-2H3. The van der Waals surface area contributed by atoms with Gasteiger partial charge in [0.25, 0.3) is 0 Å². The second kappa shape index (κ2) is 19.1. The molecule has 5 rings (SSSR count). The summed E-state index contributed by atoms with van der Waals surface area (Å²) in [5.41, 5.74) is 2.99. The van der Waals surface area contributed by atoms with E-state index in [-0.39, 0.29) is 0 Å². The summed E-state index contributed by atoms with van der Waals surface area (Å²) in [6.45, 7) is 4.60. The molecule has 0 amide bonds. The van der Waals surface area contributed by atoms with Gasteiger partial charge >= 0.3 is 0 Å². The normalized spacial score (nSPS) is 11.9. The number of hydrogen-bond donors (Lipinski definition) is 0. The van der Waals surface area contributed by atoms with Crippen molar-refractivity contribution in [1.82, 2.24) is 0 Å². The van der Waals surface area contributed by atoms with Crippen LogP contribution in [-0.4, -0.2) is 0 Å². The molecule has 0 bridgehead atoms. The van der Waals surface area contributed by atoms with Crippen molar-refractivity contribution in [3.05, 3.63) is 83.9 Å². The van der Waals surface area contributed by atoms with E-state index in [0.717, 1.165) is 0 Å². The van der Waals surface area contributed by atoms with E-state index in [2.05, 4.69) is 86.6 Å². The molecule has 5 aromatic rings. The van der Waals surface area contributed by atoms with Crippen LogP contribution in [0.2, 0.25) is 0 Å². The largest absolute Gasteiger partial charge is 0.0654 e. The van der Waals surface area contributed by atoms with Crippen LogP contribution in [0, 0.1) is 0 Å². The van der Waals surface area contributed by atoms with E-state index in [1.54, 1.807) is 0 Å². The summed E-state index contributed by atoms with van der Waals surface area (Å²) in [6.07, 6.45) is 30.3. The number of rotatable bonds is 22. The van der Waals surface area contributed by atoms with Crippen molar-refractivity contribution in [3.8, 4) is 0 Å². The van der Waals surface area contributed by atoms with Gasteiger partial charge in [-0.1, -0.05) is 202 Å². The number of benzene rings is 5. The number of fused-ring (bicyclic) bond motifs is 7. The van der Waals surface area contributed by atoms with Gasteiger partial charge in [0.15, 0.2) is 0 Å². The lowest BCUT2D eigenvalue weighted by Crippen LogP contribution is -1.89. The summed E-state index contributed by atoms with van der Waals surface area (Å²) in [4.78, 5) is 0. The fourth-order valence-corrected chi connectivity index (χ4v) is 7.72. The highest BCUT2D eigenvalue weighted by Crippen LogP contribution is 2.35. The predicted octanol–water partition coefficient (Wildman–Crippen LogP) is 15.2. The number of aryl methyl sites for hydroxylation is 2. The molecule has 0 spiro atoms. The van der Waals surface area contributed by atoms with Crippen LogP contribution in [0.3, 0.4) is 0 Å². The maximum absolute atomic E-state index is 2.49. The fraction of sp³-hybridized carbons (Fsp3) is 0.522. The average molecular weight is 615 g/mol. The molecule has 0 heteroatoms. The maximum atomic E-state index is 2.49. The Labute approximate surface area is 281 Å². The van der Waals surface area contributed by atoms with Crippen LogP contribution in [0.1, 0.15) is 153 Å². The molecule has 0 unspecified atom stereocenters. The molecule has 0 N–H and O–H groups in total. The molecule has 0 aliphatic heterocycles. The Bertz CT molecular complexity index is 1500. The Morgan fingerprint density at radius 3 is 0.935 bits per heavy atom. The first-order chi connectivity index (χ1) is 22.8. The van der Waals surface area contributed by atoms with Crippen molar-refractivity contribution >= 4 is 43.1 Å². The lowest BCUT2D eigenvalue weighted by atomic mass is 9.92. The summed E-state index contributed by atoms with van der Waals surface area (Å²) in [5.74, 6) is 0. The van der Waals surface area contributed by atoms with Gasteiger partial charge in [-0.05, 0) is 79.9 Å². The van der Waals surface area contributed by atoms with Gasteiger partial charge < -0.3 is 0 Å². The second-order valence-electron chi connectivity index (χ2n) is 14.4. The molecule has 0 saturated carbocycles. The lowest BCUT2D eigenvalue weighted by Gasteiger charge is -2.12. The van der Waals surface area contributed by atoms with Gasteiger partial charge in [0.2, 0.25) is 0 Å². The molecule has 0 heterocycles. The van der Waals surface area contributed by atoms with Crippen molar-refractivity contribution in [1.29, 1.82) is 0 Å². The lowest BCUT2D eigenvalue weighted by molar-refractivity contribution is 0.556. The van der Waals surface area contributed by atoms with Gasteiger partial charge in [0.1, 0.15) is 0 Å². The third kappa shape index (κ3) is 9.82. The molecule has 0 aliphatic carbocycles. The zero-order valence-corrected chi connectivity index (χ0v) is 29.5. The van der Waals surface area contributed by atoms with Crippen LogP contribution >= 0.6 is 0 Å². The summed E-state index contributed by atoms with van der Waals surface area (Å²) in [6, 6.07) is 28.6. The van der Waals surface area contributed by atoms with Gasteiger partial charge in [-0.15, -0.1) is 0 Å². The highest BCUT2D eigenvalue weighted by molar-refractivity contribution is 6.22. The van der Waals surface area contributed by atoms with Gasteiger partial charge in [0.05, 0.1) is 0 Å². The minimum absolute atomic E-state index is 1.20. The van der Waals surface area contributed by atoms with Crippen molar-refractivity contribution in [2.45, 2.75) is 155 Å². The molecule has 0 nitrogen and oxygen atoms in total. The van der Waals surface area contributed by atoms with E-state index in [9.17, 15) is 0 Å². The number of hydrogen-bond acceptors (Lipinski definition) is 0. The van der Waals surface area contributed by atoms with Crippen molar-refractivity contribution in [3.63, 3.8) is 0 Å². The highest BCUT2D eigenvalue weighted by Gasteiger charge is 2.09. The highest BCUT2D eigenvalue weighted by atomic mass is 14.1. The first-order valence-corrected chi connectivity index (χ1v) is 19.6. The molecule has 0 fully saturated rings. The minimum atomic E-state index is 1.20. The van der Waals surface area contributed by atoms with Crippen molar-refractivity contribution < 1.29 is 0 Å². The van der Waals surface area contributed by atoms with Crippen LogP contribution in [0.25, 0.3) is 43.1 Å². The van der Waals surface area contributed by atoms with Crippen molar-refractivity contribution in [2.75, 3.05) is 0 Å². The van der Waals surface area contributed by atoms with E-state index < -0.39 is 0 Å². The van der Waals surface area contributed by atoms with E-state index in [4.69, 9.17) is 0 Å². The topological polar surface area (TPSA) is 0 Å². The predicted molar refractivity (Wildman–Crippen MR) is 208 cm³/mol. The Hall–Kier alpha value is -2.86. The molecule has 0 saturated heterocycles. The molecule has 46 heavy (non-hydrogen) atoms. The molecular weight excluding hydrogens is 553 g/mol. The quantitative estimate of drug-likeness (QED) is 0.0537. The smallest absolute Gasteiger partial charge is 0.00987 e. The third-order valence-electron chi connectivity index (χ3n) is 10.6. The molecule has 0 atom stereocenters. The fourth-order valence-electron chi connectivity index (χ4n) is 7.72. The summed E-state index contributed by atoms with van der Waals surface area (Å²) >= 11 is 0. The summed E-state index contributed by atoms with van der Waals surface area (Å²) in [5, 5.41) is 11.1. The maximum Gasteiger partial charge on any atom is -0.00987 e. The Morgan fingerprint density at radius 2 is 0.565 bits per heavy atom. The zero-order chi connectivity index (χ0) is 31.8. The van der Waals surface area contributed by atoms with E-state index in [1.807, 2.05) is 0 Å². The van der Waals surface area contributed by atoms with Crippen molar-refractivity contribution in [2.24, 2.45) is 0 Å². The Morgan fingerprint density at radius 1 is 0.283 bits per heavy atom. The first-order valence-electron chi connectivity index (χ1n) is 19.6. The molecule has 0 aromatic heterocycles. The number of unbranched alkanes of at least 4 members (excludes halogenated alkanes) is 18. The van der Waals surface area contributed by atoms with E-state index >= 15 is 0 Å². The molecule has 5 aromatic carbocycles. The van der Waals surface area contributed by atoms with Gasteiger partial charge in [-0.3, -0.25) is 0 Å². The van der Waals surface area contributed by atoms with Gasteiger partial charge in [-0.2, -0.15) is 0 Å². The van der Waals surface area contributed by atoms with Crippen LogP contribution in [0.15, 0.2) is 72.8 Å². The van der Waals surface area contributed by atoms with Crippen LogP contribution in [0.4, 0.5) is 0 Å². The molecule has 0 radical (unpaired) electrons. The van der Waals surface area contributed by atoms with Gasteiger partial charge in [0, 0.05) is 0 Å². The van der Waals surface area contributed by atoms with Crippen LogP contribution < -0.4 is 0 Å². The summed E-state index contributed by atoms with van der Waals surface area (Å²) in [7, 11) is 0.